The number of hydrogen-bond donors (Lipinski definition) is 2. The average Bonchev–Trinajstić information content (AvgIpc) is 2.37. The predicted octanol–water partition coefficient (Wildman–Crippen LogP) is 4.45. The number of rotatable bonds is 2. The Bertz CT molecular complexity index is 619. The van der Waals surface area contributed by atoms with Crippen molar-refractivity contribution < 1.29 is 4.79 Å². The van der Waals surface area contributed by atoms with Crippen LogP contribution in [0.5, 0.6) is 0 Å². The van der Waals surface area contributed by atoms with Crippen molar-refractivity contribution in [1.29, 1.82) is 0 Å². The Balaban J connectivity index is 2.05. The van der Waals surface area contributed by atoms with Gasteiger partial charge in [0, 0.05) is 4.47 Å². The fraction of sp³-hybridized carbons (Fsp3) is 0.0769. The van der Waals surface area contributed by atoms with E-state index in [0.717, 1.165) is 10.2 Å². The molecule has 2 rings (SSSR count). The van der Waals surface area contributed by atoms with Crippen molar-refractivity contribution in [2.75, 3.05) is 10.6 Å². The monoisotopic (exact) mass is 339 g/mol. The number of halogens is 2. The molecule has 98 valence electrons. The van der Waals surface area contributed by atoms with Gasteiger partial charge in [-0.15, -0.1) is 0 Å². The van der Waals surface area contributed by atoms with E-state index in [4.69, 9.17) is 11.6 Å². The Kier molecular flexibility index (Phi) is 4.39. The van der Waals surface area contributed by atoms with Crippen LogP contribution in [0.15, 0.2) is 40.9 Å². The summed E-state index contributed by atoms with van der Waals surface area (Å²) < 4.78 is 0.893. The lowest BCUT2D eigenvalue weighted by Crippen LogP contribution is -2.20. The van der Waals surface area contributed by atoms with Gasteiger partial charge in [-0.05, 0) is 47.1 Å². The van der Waals surface area contributed by atoms with Gasteiger partial charge in [0.05, 0.1) is 16.4 Å². The molecule has 0 aliphatic rings. The summed E-state index contributed by atoms with van der Waals surface area (Å²) in [6.07, 6.45) is 0. The maximum atomic E-state index is 11.8. The number of para-hydroxylation sites is 1. The number of urea groups is 1. The van der Waals surface area contributed by atoms with Crippen molar-refractivity contribution in [3.63, 3.8) is 0 Å². The molecule has 0 saturated heterocycles. The lowest BCUT2D eigenvalue weighted by atomic mass is 10.3. The van der Waals surface area contributed by atoms with Crippen LogP contribution in [0.2, 0.25) is 5.02 Å². The molecule has 19 heavy (non-hydrogen) atoms. The minimum Gasteiger partial charge on any atom is -0.306 e. The maximum Gasteiger partial charge on any atom is 0.324 e. The Hall–Kier alpha value is -1.59. The van der Waals surface area contributed by atoms with Crippen LogP contribution in [0.3, 0.4) is 0 Å². The fourth-order valence-electron chi connectivity index (χ4n) is 1.45. The molecule has 6 heteroatoms. The van der Waals surface area contributed by atoms with Gasteiger partial charge >= 0.3 is 6.03 Å². The normalized spacial score (nSPS) is 10.1. The molecule has 0 radical (unpaired) electrons. The third-order valence-electron chi connectivity index (χ3n) is 2.38. The van der Waals surface area contributed by atoms with Crippen LogP contribution in [-0.4, -0.2) is 11.0 Å². The molecule has 0 unspecified atom stereocenters. The van der Waals surface area contributed by atoms with Gasteiger partial charge in [-0.2, -0.15) is 0 Å². The zero-order valence-electron chi connectivity index (χ0n) is 10.1. The van der Waals surface area contributed by atoms with E-state index in [2.05, 4.69) is 31.5 Å². The van der Waals surface area contributed by atoms with Gasteiger partial charge in [0.1, 0.15) is 5.82 Å². The van der Waals surface area contributed by atoms with E-state index >= 15 is 0 Å². The first kappa shape index (κ1) is 13.8. The van der Waals surface area contributed by atoms with Crippen LogP contribution < -0.4 is 10.6 Å². The highest BCUT2D eigenvalue weighted by atomic mass is 79.9. The number of aryl methyl sites for hydroxylation is 1. The van der Waals surface area contributed by atoms with Crippen molar-refractivity contribution in [2.45, 2.75) is 6.92 Å². The number of nitrogens with zero attached hydrogens (tertiary/aromatic N) is 1. The molecule has 0 aliphatic heterocycles. The van der Waals surface area contributed by atoms with E-state index < -0.39 is 0 Å². The molecule has 0 saturated carbocycles. The zero-order valence-corrected chi connectivity index (χ0v) is 12.4. The summed E-state index contributed by atoms with van der Waals surface area (Å²) in [7, 11) is 0. The second-order valence-electron chi connectivity index (χ2n) is 3.82. The van der Waals surface area contributed by atoms with Gasteiger partial charge < -0.3 is 5.32 Å². The Morgan fingerprint density at radius 2 is 1.95 bits per heavy atom. The van der Waals surface area contributed by atoms with Crippen molar-refractivity contribution >= 4 is 45.1 Å². The quantitative estimate of drug-likeness (QED) is 0.848. The standard InChI is InChI=1S/C13H11BrClN3O/c1-8-9(14)6-7-12(16-8)18-13(19)17-11-5-3-2-4-10(11)15/h2-7H,1H3,(H2,16,17,18,19). The van der Waals surface area contributed by atoms with Crippen molar-refractivity contribution in [2.24, 2.45) is 0 Å². The third kappa shape index (κ3) is 3.68. The first-order chi connectivity index (χ1) is 9.06. The van der Waals surface area contributed by atoms with Crippen LogP contribution in [0.25, 0.3) is 0 Å². The molecule has 1 aromatic carbocycles. The highest BCUT2D eigenvalue weighted by Crippen LogP contribution is 2.21. The van der Waals surface area contributed by atoms with Crippen LogP contribution >= 0.6 is 27.5 Å². The highest BCUT2D eigenvalue weighted by Gasteiger charge is 2.06. The second kappa shape index (κ2) is 6.04. The van der Waals surface area contributed by atoms with E-state index in [1.165, 1.54) is 0 Å². The van der Waals surface area contributed by atoms with Gasteiger partial charge in [-0.3, -0.25) is 5.32 Å². The highest BCUT2D eigenvalue weighted by molar-refractivity contribution is 9.10. The number of nitrogens with one attached hydrogen (secondary N) is 2. The maximum absolute atomic E-state index is 11.8. The molecule has 0 spiro atoms. The molecule has 0 bridgehead atoms. The van der Waals surface area contributed by atoms with Crippen LogP contribution in [0.4, 0.5) is 16.3 Å². The first-order valence-electron chi connectivity index (χ1n) is 5.52. The molecule has 2 amide bonds. The summed E-state index contributed by atoms with van der Waals surface area (Å²) in [4.78, 5) is 16.0. The largest absolute Gasteiger partial charge is 0.324 e. The van der Waals surface area contributed by atoms with E-state index in [0.29, 0.717) is 16.5 Å². The van der Waals surface area contributed by atoms with Crippen LogP contribution in [-0.2, 0) is 0 Å². The molecule has 1 aromatic heterocycles. The number of pyridine rings is 1. The van der Waals surface area contributed by atoms with Gasteiger partial charge in [0.2, 0.25) is 0 Å². The number of amides is 2. The summed E-state index contributed by atoms with van der Waals surface area (Å²) >= 11 is 9.30. The molecule has 1 heterocycles. The van der Waals surface area contributed by atoms with Gasteiger partial charge in [-0.1, -0.05) is 23.7 Å². The molecular weight excluding hydrogens is 330 g/mol. The van der Waals surface area contributed by atoms with Crippen LogP contribution in [0, 0.1) is 6.92 Å². The minimum atomic E-state index is -0.387. The fourth-order valence-corrected chi connectivity index (χ4v) is 1.85. The Morgan fingerprint density at radius 3 is 2.63 bits per heavy atom. The average molecular weight is 341 g/mol. The van der Waals surface area contributed by atoms with E-state index in [-0.39, 0.29) is 6.03 Å². The van der Waals surface area contributed by atoms with Crippen molar-refractivity contribution in [3.05, 3.63) is 51.6 Å². The van der Waals surface area contributed by atoms with E-state index in [1.807, 2.05) is 13.0 Å². The number of aromatic nitrogens is 1. The molecule has 2 aromatic rings. The number of carbonyl (C=O) groups excluding carboxylic acids is 1. The van der Waals surface area contributed by atoms with Gasteiger partial charge in [-0.25, -0.2) is 9.78 Å². The topological polar surface area (TPSA) is 54.0 Å². The van der Waals surface area contributed by atoms with Crippen LogP contribution in [0.1, 0.15) is 5.69 Å². The summed E-state index contributed by atoms with van der Waals surface area (Å²) in [6.45, 7) is 1.85. The second-order valence-corrected chi connectivity index (χ2v) is 5.08. The SMILES string of the molecule is Cc1nc(NC(=O)Nc2ccccc2Cl)ccc1Br. The lowest BCUT2D eigenvalue weighted by molar-refractivity contribution is 0.262. The van der Waals surface area contributed by atoms with Crippen molar-refractivity contribution in [3.8, 4) is 0 Å². The summed E-state index contributed by atoms with van der Waals surface area (Å²) in [5.41, 5.74) is 1.35. The zero-order chi connectivity index (χ0) is 13.8. The van der Waals surface area contributed by atoms with E-state index in [1.54, 1.807) is 30.3 Å². The summed E-state index contributed by atoms with van der Waals surface area (Å²) in [6, 6.07) is 10.2. The van der Waals surface area contributed by atoms with E-state index in [9.17, 15) is 4.79 Å². The molecule has 4 nitrogen and oxygen atoms in total. The summed E-state index contributed by atoms with van der Waals surface area (Å²) in [5.74, 6) is 0.477. The number of carbonyl (C=O) groups is 1. The molecule has 0 aliphatic carbocycles. The number of hydrogen-bond acceptors (Lipinski definition) is 2. The minimum absolute atomic E-state index is 0.387. The third-order valence-corrected chi connectivity index (χ3v) is 3.55. The van der Waals surface area contributed by atoms with Gasteiger partial charge in [0.15, 0.2) is 0 Å². The molecular formula is C13H11BrClN3O. The van der Waals surface area contributed by atoms with Crippen molar-refractivity contribution in [1.82, 2.24) is 4.98 Å². The smallest absolute Gasteiger partial charge is 0.306 e. The Labute approximate surface area is 124 Å². The Morgan fingerprint density at radius 1 is 1.21 bits per heavy atom. The predicted molar refractivity (Wildman–Crippen MR) is 80.8 cm³/mol. The number of anilines is 2. The molecule has 0 atom stereocenters. The molecule has 0 fully saturated rings. The van der Waals surface area contributed by atoms with Gasteiger partial charge in [0.25, 0.3) is 0 Å². The first-order valence-corrected chi connectivity index (χ1v) is 6.69. The number of benzene rings is 1. The summed E-state index contributed by atoms with van der Waals surface area (Å²) in [5, 5.41) is 5.79. The lowest BCUT2D eigenvalue weighted by Gasteiger charge is -2.09. The molecule has 2 N–H and O–H groups in total.